The Morgan fingerprint density at radius 2 is 1.63 bits per heavy atom. The molecule has 0 saturated carbocycles. The second-order valence-electron chi connectivity index (χ2n) is 8.89. The standard InChI is InChI=1S/C28H26ClF3N2O4/c1-37-26(35)24(15-18-7-3-2-4-8-18)33-27(36)34-16-21(17-34)38-25(19-11-13-20(29)14-12-19)22-9-5-6-10-23(22)28(30,31)32/h2-14,21,24-25H,15-17H2,1H3,(H,33,36). The highest BCUT2D eigenvalue weighted by Crippen LogP contribution is 2.39. The molecule has 4 rings (SSSR count). The third-order valence-electron chi connectivity index (χ3n) is 6.25. The molecular weight excluding hydrogens is 521 g/mol. The number of amides is 2. The van der Waals surface area contributed by atoms with Crippen molar-refractivity contribution in [3.05, 3.63) is 106 Å². The maximum atomic E-state index is 13.8. The fraction of sp³-hybridized carbons (Fsp3) is 0.286. The minimum atomic E-state index is -4.57. The lowest BCUT2D eigenvalue weighted by atomic mass is 9.95. The Morgan fingerprint density at radius 3 is 2.26 bits per heavy atom. The SMILES string of the molecule is COC(=O)C(Cc1ccccc1)NC(=O)N1CC(OC(c2ccc(Cl)cc2)c2ccccc2C(F)(F)F)C1. The van der Waals surface area contributed by atoms with E-state index in [0.717, 1.165) is 11.6 Å². The van der Waals surface area contributed by atoms with Crippen LogP contribution in [0.5, 0.6) is 0 Å². The summed E-state index contributed by atoms with van der Waals surface area (Å²) in [7, 11) is 1.25. The molecule has 10 heteroatoms. The van der Waals surface area contributed by atoms with E-state index in [1.807, 2.05) is 30.3 Å². The third-order valence-corrected chi connectivity index (χ3v) is 6.50. The van der Waals surface area contributed by atoms with Gasteiger partial charge in [0, 0.05) is 11.4 Å². The van der Waals surface area contributed by atoms with Crippen LogP contribution in [0, 0.1) is 0 Å². The van der Waals surface area contributed by atoms with Crippen molar-refractivity contribution >= 4 is 23.6 Å². The van der Waals surface area contributed by atoms with Crippen LogP contribution in [0.3, 0.4) is 0 Å². The molecule has 0 bridgehead atoms. The number of urea groups is 1. The lowest BCUT2D eigenvalue weighted by Crippen LogP contribution is -2.60. The summed E-state index contributed by atoms with van der Waals surface area (Å²) in [6.07, 6.45) is -5.87. The van der Waals surface area contributed by atoms with Crippen molar-refractivity contribution < 1.29 is 32.2 Å². The van der Waals surface area contributed by atoms with Crippen LogP contribution in [0.2, 0.25) is 5.02 Å². The summed E-state index contributed by atoms with van der Waals surface area (Å²) >= 11 is 5.98. The Bertz CT molecular complexity index is 1250. The first-order valence-electron chi connectivity index (χ1n) is 11.9. The molecule has 2 unspecified atom stereocenters. The van der Waals surface area contributed by atoms with Gasteiger partial charge in [0.2, 0.25) is 0 Å². The number of likely N-dealkylation sites (tertiary alicyclic amines) is 1. The first-order valence-corrected chi connectivity index (χ1v) is 12.3. The van der Waals surface area contributed by atoms with Gasteiger partial charge in [-0.1, -0.05) is 72.3 Å². The van der Waals surface area contributed by atoms with Gasteiger partial charge in [-0.2, -0.15) is 13.2 Å². The molecule has 2 atom stereocenters. The number of methoxy groups -OCH3 is 1. The number of carbonyl (C=O) groups is 2. The Morgan fingerprint density at radius 1 is 1.00 bits per heavy atom. The van der Waals surface area contributed by atoms with Gasteiger partial charge in [-0.05, 0) is 34.9 Å². The summed E-state index contributed by atoms with van der Waals surface area (Å²) in [5.41, 5.74) is 0.527. The quantitative estimate of drug-likeness (QED) is 0.371. The number of benzene rings is 3. The average molecular weight is 547 g/mol. The zero-order chi connectivity index (χ0) is 27.3. The molecule has 0 radical (unpaired) electrons. The minimum absolute atomic E-state index is 0.0289. The van der Waals surface area contributed by atoms with E-state index in [2.05, 4.69) is 5.32 Å². The smallest absolute Gasteiger partial charge is 0.416 e. The largest absolute Gasteiger partial charge is 0.467 e. The molecule has 1 aliphatic rings. The fourth-order valence-electron chi connectivity index (χ4n) is 4.26. The Hall–Kier alpha value is -3.56. The number of esters is 1. The zero-order valence-corrected chi connectivity index (χ0v) is 21.2. The lowest BCUT2D eigenvalue weighted by molar-refractivity contribution is -0.143. The van der Waals surface area contributed by atoms with Gasteiger partial charge in [0.05, 0.1) is 31.9 Å². The van der Waals surface area contributed by atoms with Crippen LogP contribution in [0.15, 0.2) is 78.9 Å². The number of alkyl halides is 3. The summed E-state index contributed by atoms with van der Waals surface area (Å²) in [6.45, 7) is 0.284. The van der Waals surface area contributed by atoms with E-state index < -0.39 is 42.0 Å². The van der Waals surface area contributed by atoms with E-state index >= 15 is 0 Å². The van der Waals surface area contributed by atoms with Crippen LogP contribution < -0.4 is 5.32 Å². The summed E-state index contributed by atoms with van der Waals surface area (Å²) in [5.74, 6) is -0.581. The highest BCUT2D eigenvalue weighted by molar-refractivity contribution is 6.30. The van der Waals surface area contributed by atoms with Crippen molar-refractivity contribution in [2.24, 2.45) is 0 Å². The van der Waals surface area contributed by atoms with Gasteiger partial charge in [0.15, 0.2) is 0 Å². The molecule has 1 heterocycles. The molecule has 0 aliphatic carbocycles. The van der Waals surface area contributed by atoms with Gasteiger partial charge >= 0.3 is 18.2 Å². The Kier molecular flexibility index (Phi) is 8.58. The molecule has 2 amide bonds. The second-order valence-corrected chi connectivity index (χ2v) is 9.33. The highest BCUT2D eigenvalue weighted by atomic mass is 35.5. The monoisotopic (exact) mass is 546 g/mol. The van der Waals surface area contributed by atoms with E-state index in [-0.39, 0.29) is 25.1 Å². The van der Waals surface area contributed by atoms with Crippen molar-refractivity contribution in [1.29, 1.82) is 0 Å². The van der Waals surface area contributed by atoms with E-state index in [0.29, 0.717) is 10.6 Å². The van der Waals surface area contributed by atoms with Gasteiger partial charge in [-0.15, -0.1) is 0 Å². The van der Waals surface area contributed by atoms with Crippen LogP contribution in [0.1, 0.15) is 28.4 Å². The molecule has 38 heavy (non-hydrogen) atoms. The number of carbonyl (C=O) groups excluding carboxylic acids is 2. The van der Waals surface area contributed by atoms with Crippen LogP contribution in [0.25, 0.3) is 0 Å². The first-order chi connectivity index (χ1) is 18.2. The normalized spacial score (nSPS) is 15.3. The van der Waals surface area contributed by atoms with Crippen molar-refractivity contribution in [2.45, 2.75) is 30.8 Å². The maximum absolute atomic E-state index is 13.8. The molecule has 6 nitrogen and oxygen atoms in total. The summed E-state index contributed by atoms with van der Waals surface area (Å²) in [6, 6.07) is 19.5. The molecule has 200 valence electrons. The van der Waals surface area contributed by atoms with Gasteiger partial charge in [0.1, 0.15) is 12.1 Å². The zero-order valence-electron chi connectivity index (χ0n) is 20.5. The van der Waals surface area contributed by atoms with Crippen molar-refractivity contribution in [3.63, 3.8) is 0 Å². The van der Waals surface area contributed by atoms with Crippen molar-refractivity contribution in [2.75, 3.05) is 20.2 Å². The van der Waals surface area contributed by atoms with Gasteiger partial charge in [0.25, 0.3) is 0 Å². The molecule has 0 aromatic heterocycles. The predicted molar refractivity (Wildman–Crippen MR) is 136 cm³/mol. The summed E-state index contributed by atoms with van der Waals surface area (Å²) in [4.78, 5) is 26.5. The fourth-order valence-corrected chi connectivity index (χ4v) is 4.39. The summed E-state index contributed by atoms with van der Waals surface area (Å²) in [5, 5.41) is 3.13. The van der Waals surface area contributed by atoms with E-state index in [1.165, 1.54) is 30.2 Å². The number of hydrogen-bond acceptors (Lipinski definition) is 4. The minimum Gasteiger partial charge on any atom is -0.467 e. The van der Waals surface area contributed by atoms with E-state index in [1.54, 1.807) is 24.3 Å². The van der Waals surface area contributed by atoms with Crippen molar-refractivity contribution in [1.82, 2.24) is 10.2 Å². The van der Waals surface area contributed by atoms with Gasteiger partial charge < -0.3 is 19.7 Å². The number of nitrogens with zero attached hydrogens (tertiary/aromatic N) is 1. The number of hydrogen-bond donors (Lipinski definition) is 1. The van der Waals surface area contributed by atoms with Crippen LogP contribution >= 0.6 is 11.6 Å². The molecule has 1 saturated heterocycles. The van der Waals surface area contributed by atoms with Gasteiger partial charge in [-0.3, -0.25) is 0 Å². The lowest BCUT2D eigenvalue weighted by Gasteiger charge is -2.41. The molecular formula is C28H26ClF3N2O4. The van der Waals surface area contributed by atoms with E-state index in [9.17, 15) is 22.8 Å². The van der Waals surface area contributed by atoms with Crippen LogP contribution in [0.4, 0.5) is 18.0 Å². The summed E-state index contributed by atoms with van der Waals surface area (Å²) < 4.78 is 52.3. The Labute approximate surface area is 223 Å². The number of rotatable bonds is 8. The topological polar surface area (TPSA) is 67.9 Å². The molecule has 1 N–H and O–H groups in total. The number of ether oxygens (including phenoxy) is 2. The van der Waals surface area contributed by atoms with Crippen LogP contribution in [-0.4, -0.2) is 49.2 Å². The van der Waals surface area contributed by atoms with Gasteiger partial charge in [-0.25, -0.2) is 9.59 Å². The average Bonchev–Trinajstić information content (AvgIpc) is 2.88. The molecule has 3 aromatic carbocycles. The van der Waals surface area contributed by atoms with Crippen molar-refractivity contribution in [3.8, 4) is 0 Å². The Balaban J connectivity index is 1.45. The number of halogens is 4. The third kappa shape index (κ3) is 6.65. The molecule has 3 aromatic rings. The first kappa shape index (κ1) is 27.5. The number of nitrogens with one attached hydrogen (secondary N) is 1. The maximum Gasteiger partial charge on any atom is 0.416 e. The highest BCUT2D eigenvalue weighted by Gasteiger charge is 2.39. The molecule has 0 spiro atoms. The van der Waals surface area contributed by atoms with E-state index in [4.69, 9.17) is 21.1 Å². The molecule has 1 aliphatic heterocycles. The second kappa shape index (κ2) is 11.9. The predicted octanol–water partition coefficient (Wildman–Crippen LogP) is 5.64. The molecule has 1 fully saturated rings. The van der Waals surface area contributed by atoms with Crippen LogP contribution in [-0.2, 0) is 26.9 Å².